The molecular weight excluding hydrogens is 465 g/mol. The van der Waals surface area contributed by atoms with Crippen LogP contribution >= 0.6 is 0 Å². The van der Waals surface area contributed by atoms with Crippen LogP contribution < -0.4 is 15.0 Å². The van der Waals surface area contributed by atoms with Gasteiger partial charge in [-0.25, -0.2) is 4.39 Å². The Kier molecular flexibility index (Phi) is 6.80. The van der Waals surface area contributed by atoms with Crippen molar-refractivity contribution in [1.29, 1.82) is 0 Å². The summed E-state index contributed by atoms with van der Waals surface area (Å²) in [5.41, 5.74) is 0.830. The number of anilines is 1. The molecule has 5 rings (SSSR count). The van der Waals surface area contributed by atoms with E-state index >= 15 is 0 Å². The number of ether oxygens (including phenoxy) is 1. The van der Waals surface area contributed by atoms with Crippen molar-refractivity contribution in [3.05, 3.63) is 77.5 Å². The highest BCUT2D eigenvalue weighted by atomic mass is 19.1. The number of nitrogens with zero attached hydrogens (tertiary/aromatic N) is 4. The third-order valence-corrected chi connectivity index (χ3v) is 6.94. The molecule has 1 saturated heterocycles. The minimum absolute atomic E-state index is 0.0478. The Bertz CT molecular complexity index is 1200. The Morgan fingerprint density at radius 2 is 2.03 bits per heavy atom. The zero-order chi connectivity index (χ0) is 25.1. The van der Waals surface area contributed by atoms with E-state index in [1.807, 2.05) is 6.07 Å². The monoisotopic (exact) mass is 493 g/mol. The highest BCUT2D eigenvalue weighted by Crippen LogP contribution is 2.40. The molecule has 3 aromatic rings. The summed E-state index contributed by atoms with van der Waals surface area (Å²) in [4.78, 5) is 18.3. The largest absolute Gasteiger partial charge is 0.484 e. The molecule has 36 heavy (non-hydrogen) atoms. The molecule has 1 amide bonds. The Balaban J connectivity index is 1.14. The van der Waals surface area contributed by atoms with E-state index < -0.39 is 17.8 Å². The third kappa shape index (κ3) is 5.00. The predicted molar refractivity (Wildman–Crippen MR) is 129 cm³/mol. The number of halogens is 1. The Morgan fingerprint density at radius 1 is 1.19 bits per heavy atom. The van der Waals surface area contributed by atoms with E-state index in [1.165, 1.54) is 6.07 Å². The highest BCUT2D eigenvalue weighted by molar-refractivity contribution is 5.78. The Labute approximate surface area is 208 Å². The average Bonchev–Trinajstić information content (AvgIpc) is 2.90. The van der Waals surface area contributed by atoms with E-state index in [4.69, 9.17) is 4.74 Å². The first-order valence-corrected chi connectivity index (χ1v) is 12.0. The van der Waals surface area contributed by atoms with Gasteiger partial charge in [-0.15, -0.1) is 5.10 Å². The lowest BCUT2D eigenvalue weighted by Gasteiger charge is -2.47. The minimum Gasteiger partial charge on any atom is -0.484 e. The minimum atomic E-state index is -0.835. The van der Waals surface area contributed by atoms with Crippen LogP contribution in [0.25, 0.3) is 0 Å². The van der Waals surface area contributed by atoms with E-state index in [9.17, 15) is 19.4 Å². The maximum atomic E-state index is 14.1. The van der Waals surface area contributed by atoms with Gasteiger partial charge in [0.2, 0.25) is 5.91 Å². The van der Waals surface area contributed by atoms with Crippen molar-refractivity contribution in [2.75, 3.05) is 24.5 Å². The molecule has 1 spiro atoms. The molecule has 2 aliphatic rings. The lowest BCUT2D eigenvalue weighted by atomic mass is 9.80. The second kappa shape index (κ2) is 10.2. The number of rotatable bonds is 6. The SMILES string of the molecule is O=C(Cc1ccc(N2CCC3(CC2)Oc2cccc(F)c2CC3O)nn1)NCC(O)c1cccnc1. The number of hydrogen-bond donors (Lipinski definition) is 3. The second-order valence-corrected chi connectivity index (χ2v) is 9.26. The third-order valence-electron chi connectivity index (χ3n) is 6.94. The van der Waals surface area contributed by atoms with Gasteiger partial charge in [-0.3, -0.25) is 9.78 Å². The first-order chi connectivity index (χ1) is 17.4. The fraction of sp³-hybridized carbons (Fsp3) is 0.385. The zero-order valence-corrected chi connectivity index (χ0v) is 19.7. The van der Waals surface area contributed by atoms with Gasteiger partial charge in [0.25, 0.3) is 0 Å². The average molecular weight is 494 g/mol. The van der Waals surface area contributed by atoms with Crippen LogP contribution in [-0.2, 0) is 17.6 Å². The van der Waals surface area contributed by atoms with Gasteiger partial charge in [-0.1, -0.05) is 12.1 Å². The van der Waals surface area contributed by atoms with Crippen molar-refractivity contribution in [2.45, 2.75) is 43.5 Å². The summed E-state index contributed by atoms with van der Waals surface area (Å²) in [6.07, 6.45) is 2.97. The van der Waals surface area contributed by atoms with Crippen molar-refractivity contribution in [2.24, 2.45) is 0 Å². The zero-order valence-electron chi connectivity index (χ0n) is 19.7. The molecule has 0 bridgehead atoms. The number of carbonyl (C=O) groups excluding carboxylic acids is 1. The van der Waals surface area contributed by atoms with Crippen LogP contribution in [0.4, 0.5) is 10.2 Å². The quantitative estimate of drug-likeness (QED) is 0.475. The summed E-state index contributed by atoms with van der Waals surface area (Å²) in [6, 6.07) is 11.8. The Hall–Kier alpha value is -3.63. The molecule has 1 fully saturated rings. The normalized spacial score (nSPS) is 19.3. The molecular formula is C26H28FN5O4. The molecule has 2 atom stereocenters. The van der Waals surface area contributed by atoms with Crippen LogP contribution in [0.5, 0.6) is 5.75 Å². The molecule has 3 N–H and O–H groups in total. The number of hydrogen-bond acceptors (Lipinski definition) is 8. The number of aromatic nitrogens is 3. The number of amides is 1. The summed E-state index contributed by atoms with van der Waals surface area (Å²) in [5, 5.41) is 32.1. The van der Waals surface area contributed by atoms with Crippen LogP contribution in [0, 0.1) is 5.82 Å². The molecule has 0 saturated carbocycles. The van der Waals surface area contributed by atoms with Crippen LogP contribution in [0.2, 0.25) is 0 Å². The lowest BCUT2D eigenvalue weighted by Crippen LogP contribution is -2.57. The first kappa shape index (κ1) is 24.1. The van der Waals surface area contributed by atoms with Crippen molar-refractivity contribution in [3.8, 4) is 5.75 Å². The van der Waals surface area contributed by atoms with Crippen LogP contribution in [0.15, 0.2) is 54.9 Å². The van der Waals surface area contributed by atoms with E-state index in [-0.39, 0.29) is 31.1 Å². The fourth-order valence-electron chi connectivity index (χ4n) is 4.79. The van der Waals surface area contributed by atoms with Crippen molar-refractivity contribution >= 4 is 11.7 Å². The first-order valence-electron chi connectivity index (χ1n) is 12.0. The molecule has 9 nitrogen and oxygen atoms in total. The number of benzene rings is 1. The summed E-state index contributed by atoms with van der Waals surface area (Å²) in [6.45, 7) is 1.28. The second-order valence-electron chi connectivity index (χ2n) is 9.26. The smallest absolute Gasteiger partial charge is 0.226 e. The van der Waals surface area contributed by atoms with E-state index in [0.717, 1.165) is 0 Å². The van der Waals surface area contributed by atoms with E-state index in [1.54, 1.807) is 42.7 Å². The summed E-state index contributed by atoms with van der Waals surface area (Å²) in [5.74, 6) is 0.564. The molecule has 2 aromatic heterocycles. The van der Waals surface area contributed by atoms with E-state index in [2.05, 4.69) is 25.4 Å². The molecule has 0 aliphatic carbocycles. The number of fused-ring (bicyclic) bond motifs is 1. The number of aliphatic hydroxyl groups excluding tert-OH is 2. The maximum absolute atomic E-state index is 14.1. The van der Waals surface area contributed by atoms with Crippen LogP contribution in [-0.4, -0.2) is 62.6 Å². The Morgan fingerprint density at radius 3 is 2.75 bits per heavy atom. The van der Waals surface area contributed by atoms with Gasteiger partial charge in [0, 0.05) is 62.4 Å². The predicted octanol–water partition coefficient (Wildman–Crippen LogP) is 1.74. The van der Waals surface area contributed by atoms with Crippen LogP contribution in [0.1, 0.15) is 35.8 Å². The number of piperidine rings is 1. The molecule has 10 heteroatoms. The molecule has 2 aliphatic heterocycles. The van der Waals surface area contributed by atoms with Crippen LogP contribution in [0.3, 0.4) is 0 Å². The number of carbonyl (C=O) groups is 1. The van der Waals surface area contributed by atoms with Gasteiger partial charge in [0.15, 0.2) is 5.82 Å². The number of pyridine rings is 1. The van der Waals surface area contributed by atoms with Gasteiger partial charge in [-0.05, 0) is 30.3 Å². The summed E-state index contributed by atoms with van der Waals surface area (Å²) >= 11 is 0. The molecule has 4 heterocycles. The van der Waals surface area contributed by atoms with Gasteiger partial charge >= 0.3 is 0 Å². The molecule has 0 radical (unpaired) electrons. The highest BCUT2D eigenvalue weighted by Gasteiger charge is 2.47. The topological polar surface area (TPSA) is 121 Å². The molecule has 2 unspecified atom stereocenters. The molecule has 1 aromatic carbocycles. The molecule has 188 valence electrons. The van der Waals surface area contributed by atoms with Gasteiger partial charge in [0.05, 0.1) is 24.3 Å². The van der Waals surface area contributed by atoms with E-state index in [0.29, 0.717) is 54.3 Å². The maximum Gasteiger partial charge on any atom is 0.226 e. The van der Waals surface area contributed by atoms with Crippen molar-refractivity contribution in [1.82, 2.24) is 20.5 Å². The van der Waals surface area contributed by atoms with Gasteiger partial charge < -0.3 is 25.2 Å². The van der Waals surface area contributed by atoms with Crippen molar-refractivity contribution in [3.63, 3.8) is 0 Å². The number of aliphatic hydroxyl groups is 2. The summed E-state index contributed by atoms with van der Waals surface area (Å²) < 4.78 is 20.2. The summed E-state index contributed by atoms with van der Waals surface area (Å²) in [7, 11) is 0. The van der Waals surface area contributed by atoms with Crippen molar-refractivity contribution < 1.29 is 24.1 Å². The number of nitrogens with one attached hydrogen (secondary N) is 1. The lowest BCUT2D eigenvalue weighted by molar-refractivity contribution is -0.121. The standard InChI is InChI=1S/C26H28FN5O4/c27-20-4-1-5-22-19(20)14-23(34)26(36-22)8-11-32(12-9-26)24-7-6-18(30-31-24)13-25(35)29-16-21(33)17-3-2-10-28-15-17/h1-7,10,15,21,23,33-34H,8-9,11-14,16H2,(H,29,35). The van der Waals surface area contributed by atoms with Gasteiger partial charge in [0.1, 0.15) is 17.2 Å². The van der Waals surface area contributed by atoms with Gasteiger partial charge in [-0.2, -0.15) is 5.10 Å². The fourth-order valence-corrected chi connectivity index (χ4v) is 4.79.